The maximum absolute atomic E-state index is 10.9. The zero-order valence-corrected chi connectivity index (χ0v) is 8.22. The molecule has 70 valence electrons. The number of hydrogen-bond acceptors (Lipinski definition) is 2. The zero-order chi connectivity index (χ0) is 9.40. The van der Waals surface area contributed by atoms with Gasteiger partial charge < -0.3 is 4.74 Å². The Morgan fingerprint density at radius 1 is 1.42 bits per heavy atom. The molecule has 0 radical (unpaired) electrons. The zero-order valence-electron chi connectivity index (χ0n) is 8.22. The van der Waals surface area contributed by atoms with E-state index in [4.69, 9.17) is 4.74 Å². The third kappa shape index (κ3) is 5.96. The summed E-state index contributed by atoms with van der Waals surface area (Å²) in [6.45, 7) is 6.37. The number of carbonyl (C=O) groups excluding carboxylic acids is 1. The van der Waals surface area contributed by atoms with E-state index < -0.39 is 0 Å². The van der Waals surface area contributed by atoms with E-state index >= 15 is 0 Å². The predicted molar refractivity (Wildman–Crippen MR) is 49.9 cm³/mol. The molecule has 0 spiro atoms. The molecule has 0 unspecified atom stereocenters. The van der Waals surface area contributed by atoms with Crippen LogP contribution in [0.2, 0.25) is 0 Å². The fourth-order valence-corrected chi connectivity index (χ4v) is 0.913. The largest absolute Gasteiger partial charge is 0.463 e. The van der Waals surface area contributed by atoms with Crippen molar-refractivity contribution in [3.05, 3.63) is 11.6 Å². The van der Waals surface area contributed by atoms with E-state index in [1.165, 1.54) is 0 Å². The summed E-state index contributed by atoms with van der Waals surface area (Å²) in [5, 5.41) is 0. The summed E-state index contributed by atoms with van der Waals surface area (Å²) >= 11 is 0. The molecule has 0 atom stereocenters. The number of ether oxygens (including phenoxy) is 1. The lowest BCUT2D eigenvalue weighted by molar-refractivity contribution is -0.137. The molecule has 0 aromatic carbocycles. The Hall–Kier alpha value is -0.790. The standard InChI is InChI=1S/C10H18O2/c1-4-6-7-9(3)8-10(11)12-5-2/h8H,4-7H2,1-3H3/b9-8+. The van der Waals surface area contributed by atoms with Crippen LogP contribution < -0.4 is 0 Å². The Balaban J connectivity index is 3.72. The third-order valence-electron chi connectivity index (χ3n) is 1.58. The second kappa shape index (κ2) is 6.89. The molecule has 0 saturated heterocycles. The average molecular weight is 170 g/mol. The van der Waals surface area contributed by atoms with Crippen molar-refractivity contribution >= 4 is 5.97 Å². The van der Waals surface area contributed by atoms with E-state index in [1.807, 2.05) is 13.8 Å². The van der Waals surface area contributed by atoms with Crippen molar-refractivity contribution in [2.75, 3.05) is 6.61 Å². The van der Waals surface area contributed by atoms with Crippen molar-refractivity contribution in [3.8, 4) is 0 Å². The minimum absolute atomic E-state index is 0.217. The van der Waals surface area contributed by atoms with Gasteiger partial charge in [0.1, 0.15) is 0 Å². The minimum Gasteiger partial charge on any atom is -0.463 e. The van der Waals surface area contributed by atoms with Gasteiger partial charge in [-0.2, -0.15) is 0 Å². The molecule has 0 amide bonds. The van der Waals surface area contributed by atoms with Gasteiger partial charge in [0.15, 0.2) is 0 Å². The first-order valence-electron chi connectivity index (χ1n) is 4.54. The van der Waals surface area contributed by atoms with Gasteiger partial charge in [0.2, 0.25) is 0 Å². The number of hydrogen-bond donors (Lipinski definition) is 0. The van der Waals surface area contributed by atoms with Gasteiger partial charge in [0.05, 0.1) is 6.61 Å². The lowest BCUT2D eigenvalue weighted by Gasteiger charge is -1.99. The highest BCUT2D eigenvalue weighted by Crippen LogP contribution is 2.05. The second-order valence-corrected chi connectivity index (χ2v) is 2.85. The lowest BCUT2D eigenvalue weighted by atomic mass is 10.1. The normalized spacial score (nSPS) is 11.4. The number of unbranched alkanes of at least 4 members (excludes halogenated alkanes) is 1. The number of esters is 1. The van der Waals surface area contributed by atoms with Crippen LogP contribution in [0.15, 0.2) is 11.6 Å². The molecule has 2 nitrogen and oxygen atoms in total. The van der Waals surface area contributed by atoms with Crippen LogP contribution in [-0.2, 0) is 9.53 Å². The summed E-state index contributed by atoms with van der Waals surface area (Å²) in [5.41, 5.74) is 1.11. The van der Waals surface area contributed by atoms with E-state index in [1.54, 1.807) is 6.08 Å². The molecule has 0 N–H and O–H groups in total. The lowest BCUT2D eigenvalue weighted by Crippen LogP contribution is -2.00. The van der Waals surface area contributed by atoms with Crippen LogP contribution in [0.3, 0.4) is 0 Å². The van der Waals surface area contributed by atoms with Crippen LogP contribution >= 0.6 is 0 Å². The van der Waals surface area contributed by atoms with Crippen molar-refractivity contribution in [1.82, 2.24) is 0 Å². The summed E-state index contributed by atoms with van der Waals surface area (Å²) in [6, 6.07) is 0. The van der Waals surface area contributed by atoms with E-state index in [9.17, 15) is 4.79 Å². The van der Waals surface area contributed by atoms with Gasteiger partial charge in [0.25, 0.3) is 0 Å². The molecule has 12 heavy (non-hydrogen) atoms. The molecule has 0 fully saturated rings. The van der Waals surface area contributed by atoms with Crippen LogP contribution in [0.25, 0.3) is 0 Å². The van der Waals surface area contributed by atoms with Gasteiger partial charge in [-0.05, 0) is 26.7 Å². The fourth-order valence-electron chi connectivity index (χ4n) is 0.913. The van der Waals surface area contributed by atoms with Gasteiger partial charge in [-0.3, -0.25) is 0 Å². The van der Waals surface area contributed by atoms with Crippen molar-refractivity contribution in [2.24, 2.45) is 0 Å². The van der Waals surface area contributed by atoms with Gasteiger partial charge in [-0.15, -0.1) is 0 Å². The van der Waals surface area contributed by atoms with Crippen LogP contribution in [0.1, 0.15) is 40.0 Å². The summed E-state index contributed by atoms with van der Waals surface area (Å²) in [7, 11) is 0. The third-order valence-corrected chi connectivity index (χ3v) is 1.58. The Labute approximate surface area is 74.6 Å². The number of allylic oxidation sites excluding steroid dienone is 1. The van der Waals surface area contributed by atoms with Gasteiger partial charge >= 0.3 is 5.97 Å². The molecule has 0 heterocycles. The first kappa shape index (κ1) is 11.2. The van der Waals surface area contributed by atoms with Gasteiger partial charge in [0, 0.05) is 6.08 Å². The molecule has 0 bridgehead atoms. The summed E-state index contributed by atoms with van der Waals surface area (Å²) in [6.07, 6.45) is 4.88. The van der Waals surface area contributed by atoms with E-state index in [-0.39, 0.29) is 5.97 Å². The maximum Gasteiger partial charge on any atom is 0.330 e. The Morgan fingerprint density at radius 3 is 2.58 bits per heavy atom. The maximum atomic E-state index is 10.9. The van der Waals surface area contributed by atoms with E-state index in [0.717, 1.165) is 24.8 Å². The quantitative estimate of drug-likeness (QED) is 0.468. The first-order chi connectivity index (χ1) is 5.70. The van der Waals surface area contributed by atoms with Gasteiger partial charge in [-0.25, -0.2) is 4.79 Å². The van der Waals surface area contributed by atoms with Crippen LogP contribution in [-0.4, -0.2) is 12.6 Å². The summed E-state index contributed by atoms with van der Waals surface area (Å²) in [4.78, 5) is 10.9. The molecule has 0 rings (SSSR count). The van der Waals surface area contributed by atoms with Crippen molar-refractivity contribution < 1.29 is 9.53 Å². The van der Waals surface area contributed by atoms with Crippen molar-refractivity contribution in [3.63, 3.8) is 0 Å². The van der Waals surface area contributed by atoms with Crippen LogP contribution in [0.4, 0.5) is 0 Å². The van der Waals surface area contributed by atoms with Crippen molar-refractivity contribution in [2.45, 2.75) is 40.0 Å². The number of rotatable bonds is 5. The summed E-state index contributed by atoms with van der Waals surface area (Å²) < 4.78 is 4.78. The van der Waals surface area contributed by atoms with Crippen molar-refractivity contribution in [1.29, 1.82) is 0 Å². The number of carbonyl (C=O) groups is 1. The van der Waals surface area contributed by atoms with Crippen LogP contribution in [0, 0.1) is 0 Å². The highest BCUT2D eigenvalue weighted by molar-refractivity contribution is 5.82. The van der Waals surface area contributed by atoms with E-state index in [2.05, 4.69) is 6.92 Å². The first-order valence-corrected chi connectivity index (χ1v) is 4.54. The molecular weight excluding hydrogens is 152 g/mol. The Morgan fingerprint density at radius 2 is 2.08 bits per heavy atom. The topological polar surface area (TPSA) is 26.3 Å². The van der Waals surface area contributed by atoms with Crippen LogP contribution in [0.5, 0.6) is 0 Å². The molecular formula is C10H18O2. The molecule has 0 aliphatic heterocycles. The Kier molecular flexibility index (Phi) is 6.44. The smallest absolute Gasteiger partial charge is 0.330 e. The van der Waals surface area contributed by atoms with Gasteiger partial charge in [-0.1, -0.05) is 18.9 Å². The molecule has 0 aromatic heterocycles. The van der Waals surface area contributed by atoms with E-state index in [0.29, 0.717) is 6.61 Å². The molecule has 0 aromatic rings. The highest BCUT2D eigenvalue weighted by Gasteiger charge is 1.96. The predicted octanol–water partition coefficient (Wildman–Crippen LogP) is 2.69. The SMILES string of the molecule is CCCC/C(C)=C/C(=O)OCC. The molecule has 0 aliphatic carbocycles. The Bertz CT molecular complexity index is 159. The fraction of sp³-hybridized carbons (Fsp3) is 0.700. The molecule has 0 aliphatic rings. The monoisotopic (exact) mass is 170 g/mol. The second-order valence-electron chi connectivity index (χ2n) is 2.85. The minimum atomic E-state index is -0.217. The molecule has 0 saturated carbocycles. The molecule has 2 heteroatoms. The summed E-state index contributed by atoms with van der Waals surface area (Å²) in [5.74, 6) is -0.217. The highest BCUT2D eigenvalue weighted by atomic mass is 16.5. The average Bonchev–Trinajstić information content (AvgIpc) is 2.01.